The topological polar surface area (TPSA) is 58.1 Å². The molecule has 0 aliphatic carbocycles. The Balaban J connectivity index is 1.78. The number of anilines is 1. The minimum absolute atomic E-state index is 0.0361. The number of nitrogens with one attached hydrogen (secondary N) is 1. The number of fused-ring (bicyclic) bond motifs is 1. The molecular formula is C15H17FN4O. The van der Waals surface area contributed by atoms with Gasteiger partial charge in [-0.15, -0.1) is 0 Å². The van der Waals surface area contributed by atoms with E-state index in [1.165, 1.54) is 18.5 Å². The first-order valence-corrected chi connectivity index (χ1v) is 7.00. The van der Waals surface area contributed by atoms with Gasteiger partial charge in [-0.2, -0.15) is 0 Å². The van der Waals surface area contributed by atoms with Crippen molar-refractivity contribution in [3.8, 4) is 0 Å². The third kappa shape index (κ3) is 2.66. The number of halogens is 1. The molecule has 1 amide bonds. The third-order valence-corrected chi connectivity index (χ3v) is 3.56. The van der Waals surface area contributed by atoms with Crippen LogP contribution in [-0.2, 0) is 4.79 Å². The lowest BCUT2D eigenvalue weighted by atomic mass is 9.98. The van der Waals surface area contributed by atoms with Crippen molar-refractivity contribution in [1.82, 2.24) is 15.3 Å². The molecule has 1 N–H and O–H groups in total. The molecule has 2 heterocycles. The molecule has 2 aromatic rings. The summed E-state index contributed by atoms with van der Waals surface area (Å²) >= 11 is 0. The van der Waals surface area contributed by atoms with Gasteiger partial charge in [0.05, 0.1) is 11.4 Å². The fourth-order valence-corrected chi connectivity index (χ4v) is 2.49. The lowest BCUT2D eigenvalue weighted by Crippen LogP contribution is -2.55. The van der Waals surface area contributed by atoms with Crippen LogP contribution in [0.2, 0.25) is 0 Å². The van der Waals surface area contributed by atoms with E-state index < -0.39 is 0 Å². The summed E-state index contributed by atoms with van der Waals surface area (Å²) < 4.78 is 13.4. The lowest BCUT2D eigenvalue weighted by Gasteiger charge is -2.39. The fraction of sp³-hybridized carbons (Fsp3) is 0.400. The van der Waals surface area contributed by atoms with E-state index >= 15 is 0 Å². The zero-order valence-electron chi connectivity index (χ0n) is 12.0. The van der Waals surface area contributed by atoms with Crippen LogP contribution < -0.4 is 10.2 Å². The van der Waals surface area contributed by atoms with Crippen molar-refractivity contribution in [3.05, 3.63) is 30.3 Å². The minimum Gasteiger partial charge on any atom is -0.354 e. The number of aromatic nitrogens is 2. The Morgan fingerprint density at radius 1 is 1.38 bits per heavy atom. The second kappa shape index (κ2) is 5.27. The summed E-state index contributed by atoms with van der Waals surface area (Å²) in [5.74, 6) is 0.401. The van der Waals surface area contributed by atoms with Crippen molar-refractivity contribution in [2.75, 3.05) is 18.0 Å². The number of hydrogen-bond donors (Lipinski definition) is 1. The predicted octanol–water partition coefficient (Wildman–Crippen LogP) is 1.73. The monoisotopic (exact) mass is 288 g/mol. The molecule has 1 aliphatic heterocycles. The van der Waals surface area contributed by atoms with Crippen LogP contribution in [0.1, 0.15) is 13.8 Å². The number of carbonyl (C=O) groups is 1. The third-order valence-electron chi connectivity index (χ3n) is 3.56. The van der Waals surface area contributed by atoms with Gasteiger partial charge in [0, 0.05) is 24.5 Å². The summed E-state index contributed by atoms with van der Waals surface area (Å²) in [6, 6.07) is 4.60. The van der Waals surface area contributed by atoms with Crippen LogP contribution >= 0.6 is 0 Å². The summed E-state index contributed by atoms with van der Waals surface area (Å²) in [5, 5.41) is 3.59. The Morgan fingerprint density at radius 2 is 2.14 bits per heavy atom. The first-order valence-electron chi connectivity index (χ1n) is 7.00. The minimum atomic E-state index is -0.312. The largest absolute Gasteiger partial charge is 0.354 e. The molecule has 110 valence electrons. The summed E-state index contributed by atoms with van der Waals surface area (Å²) in [6.07, 6.45) is 1.47. The van der Waals surface area contributed by atoms with Crippen molar-refractivity contribution in [2.24, 2.45) is 5.92 Å². The van der Waals surface area contributed by atoms with Crippen molar-refractivity contribution >= 4 is 22.6 Å². The number of carbonyl (C=O) groups excluding carboxylic acids is 1. The van der Waals surface area contributed by atoms with E-state index in [9.17, 15) is 9.18 Å². The van der Waals surface area contributed by atoms with E-state index in [0.29, 0.717) is 29.8 Å². The standard InChI is InChI=1S/C15H17FN4O/c1-9(2)19-15(21)10-6-20(7-10)14-12-5-11(16)3-4-13(12)17-8-18-14/h3-5,8-10H,6-7H2,1-2H3,(H,19,21). The summed E-state index contributed by atoms with van der Waals surface area (Å²) in [6.45, 7) is 5.08. The van der Waals surface area contributed by atoms with Gasteiger partial charge in [-0.1, -0.05) is 0 Å². The fourth-order valence-electron chi connectivity index (χ4n) is 2.49. The molecule has 3 rings (SSSR count). The molecular weight excluding hydrogens is 271 g/mol. The SMILES string of the molecule is CC(C)NC(=O)C1CN(c2ncnc3ccc(F)cc23)C1. The lowest BCUT2D eigenvalue weighted by molar-refractivity contribution is -0.126. The molecule has 0 unspecified atom stereocenters. The van der Waals surface area contributed by atoms with Crippen LogP contribution in [0.3, 0.4) is 0 Å². The van der Waals surface area contributed by atoms with E-state index in [-0.39, 0.29) is 23.7 Å². The highest BCUT2D eigenvalue weighted by Crippen LogP contribution is 2.29. The number of nitrogens with zero attached hydrogens (tertiary/aromatic N) is 3. The Morgan fingerprint density at radius 3 is 2.86 bits per heavy atom. The van der Waals surface area contributed by atoms with Gasteiger partial charge in [-0.05, 0) is 32.0 Å². The van der Waals surface area contributed by atoms with Gasteiger partial charge < -0.3 is 10.2 Å². The first kappa shape index (κ1) is 13.7. The second-order valence-electron chi connectivity index (χ2n) is 5.62. The average molecular weight is 288 g/mol. The van der Waals surface area contributed by atoms with Crippen molar-refractivity contribution < 1.29 is 9.18 Å². The molecule has 21 heavy (non-hydrogen) atoms. The van der Waals surface area contributed by atoms with Gasteiger partial charge in [0.1, 0.15) is 18.0 Å². The van der Waals surface area contributed by atoms with Gasteiger partial charge in [-0.3, -0.25) is 4.79 Å². The number of hydrogen-bond acceptors (Lipinski definition) is 4. The highest BCUT2D eigenvalue weighted by molar-refractivity contribution is 5.91. The van der Waals surface area contributed by atoms with Crippen molar-refractivity contribution in [2.45, 2.75) is 19.9 Å². The van der Waals surface area contributed by atoms with E-state index in [2.05, 4.69) is 15.3 Å². The van der Waals surface area contributed by atoms with Crippen LogP contribution in [0.15, 0.2) is 24.5 Å². The molecule has 0 radical (unpaired) electrons. The van der Waals surface area contributed by atoms with E-state index in [1.54, 1.807) is 6.07 Å². The molecule has 1 aliphatic rings. The molecule has 1 aromatic carbocycles. The van der Waals surface area contributed by atoms with Crippen LogP contribution in [-0.4, -0.2) is 35.0 Å². The normalized spacial score (nSPS) is 15.3. The van der Waals surface area contributed by atoms with Gasteiger partial charge in [0.15, 0.2) is 0 Å². The van der Waals surface area contributed by atoms with E-state index in [1.807, 2.05) is 18.7 Å². The quantitative estimate of drug-likeness (QED) is 0.934. The zero-order chi connectivity index (χ0) is 15.0. The second-order valence-corrected chi connectivity index (χ2v) is 5.62. The maximum atomic E-state index is 13.4. The van der Waals surface area contributed by atoms with Crippen molar-refractivity contribution in [3.63, 3.8) is 0 Å². The van der Waals surface area contributed by atoms with Crippen LogP contribution in [0.5, 0.6) is 0 Å². The van der Waals surface area contributed by atoms with Crippen LogP contribution in [0, 0.1) is 11.7 Å². The predicted molar refractivity (Wildman–Crippen MR) is 78.5 cm³/mol. The molecule has 1 aromatic heterocycles. The Hall–Kier alpha value is -2.24. The highest BCUT2D eigenvalue weighted by atomic mass is 19.1. The maximum Gasteiger partial charge on any atom is 0.226 e. The Bertz CT molecular complexity index is 682. The maximum absolute atomic E-state index is 13.4. The molecule has 0 atom stereocenters. The van der Waals surface area contributed by atoms with Crippen LogP contribution in [0.25, 0.3) is 10.9 Å². The summed E-state index contributed by atoms with van der Waals surface area (Å²) in [5.41, 5.74) is 0.705. The summed E-state index contributed by atoms with van der Waals surface area (Å²) in [7, 11) is 0. The van der Waals surface area contributed by atoms with E-state index in [0.717, 1.165) is 0 Å². The molecule has 0 spiro atoms. The Labute approximate surface area is 122 Å². The molecule has 6 heteroatoms. The number of amides is 1. The van der Waals surface area contributed by atoms with E-state index in [4.69, 9.17) is 0 Å². The van der Waals surface area contributed by atoms with Gasteiger partial charge in [0.2, 0.25) is 5.91 Å². The van der Waals surface area contributed by atoms with Gasteiger partial charge in [-0.25, -0.2) is 14.4 Å². The van der Waals surface area contributed by atoms with Gasteiger partial charge in [0.25, 0.3) is 0 Å². The molecule has 1 saturated heterocycles. The Kier molecular flexibility index (Phi) is 3.45. The molecule has 0 bridgehead atoms. The smallest absolute Gasteiger partial charge is 0.226 e. The first-order chi connectivity index (χ1) is 10.0. The summed E-state index contributed by atoms with van der Waals surface area (Å²) in [4.78, 5) is 22.3. The molecule has 0 saturated carbocycles. The number of benzene rings is 1. The molecule has 1 fully saturated rings. The van der Waals surface area contributed by atoms with Gasteiger partial charge >= 0.3 is 0 Å². The zero-order valence-corrected chi connectivity index (χ0v) is 12.0. The average Bonchev–Trinajstić information content (AvgIpc) is 2.36. The number of rotatable bonds is 3. The van der Waals surface area contributed by atoms with Crippen molar-refractivity contribution in [1.29, 1.82) is 0 Å². The molecule has 5 nitrogen and oxygen atoms in total. The van der Waals surface area contributed by atoms with Crippen LogP contribution in [0.4, 0.5) is 10.2 Å². The highest BCUT2D eigenvalue weighted by Gasteiger charge is 2.34.